The Morgan fingerprint density at radius 2 is 1.69 bits per heavy atom. The summed E-state index contributed by atoms with van der Waals surface area (Å²) in [4.78, 5) is 27.2. The Hall–Kier alpha value is -2.87. The highest BCUT2D eigenvalue weighted by Gasteiger charge is 2.57. The fourth-order valence-corrected chi connectivity index (χ4v) is 5.09. The molecule has 0 spiro atoms. The summed E-state index contributed by atoms with van der Waals surface area (Å²) >= 11 is 0. The first-order valence-electron chi connectivity index (χ1n) is 9.19. The van der Waals surface area contributed by atoms with E-state index in [9.17, 15) is 18.0 Å². The fraction of sp³-hybridized carbons (Fsp3) is 0.333. The average Bonchev–Trinajstić information content (AvgIpc) is 3.00. The zero-order valence-corrected chi connectivity index (χ0v) is 17.6. The van der Waals surface area contributed by atoms with Crippen molar-refractivity contribution in [3.63, 3.8) is 0 Å². The lowest BCUT2D eigenvalue weighted by Crippen LogP contribution is -2.52. The number of carbonyl (C=O) groups excluding carboxylic acids is 2. The molecule has 2 aromatic rings. The molecule has 7 nitrogen and oxygen atoms in total. The number of carbonyl (C=O) groups is 2. The molecule has 2 atom stereocenters. The maximum Gasteiger partial charge on any atom is 0.335 e. The SMILES string of the molecule is COC(=O)[C@]1(C)CN(S(=O)(=O)c2ccc(C)cc2)C(=O)N1C(C)c1ccccc1. The number of rotatable bonds is 5. The molecule has 0 bridgehead atoms. The van der Waals surface area contributed by atoms with Crippen LogP contribution in [0.4, 0.5) is 4.79 Å². The highest BCUT2D eigenvalue weighted by Crippen LogP contribution is 2.38. The number of esters is 1. The molecule has 1 fully saturated rings. The number of ether oxygens (including phenoxy) is 1. The molecule has 2 aromatic carbocycles. The minimum absolute atomic E-state index is 0.00196. The predicted molar refractivity (Wildman–Crippen MR) is 108 cm³/mol. The molecule has 8 heteroatoms. The van der Waals surface area contributed by atoms with Crippen molar-refractivity contribution in [2.75, 3.05) is 13.7 Å². The van der Waals surface area contributed by atoms with Gasteiger partial charge in [-0.2, -0.15) is 0 Å². The second-order valence-corrected chi connectivity index (χ2v) is 9.19. The molecule has 0 aromatic heterocycles. The van der Waals surface area contributed by atoms with Crippen molar-refractivity contribution in [1.29, 1.82) is 0 Å². The molecule has 2 amide bonds. The first-order valence-corrected chi connectivity index (χ1v) is 10.6. The molecule has 1 aliphatic heterocycles. The van der Waals surface area contributed by atoms with Gasteiger partial charge in [-0.1, -0.05) is 48.0 Å². The third-order valence-electron chi connectivity index (χ3n) is 5.31. The van der Waals surface area contributed by atoms with Gasteiger partial charge < -0.3 is 4.74 Å². The van der Waals surface area contributed by atoms with Crippen molar-refractivity contribution in [3.8, 4) is 0 Å². The van der Waals surface area contributed by atoms with Gasteiger partial charge in [0.15, 0.2) is 5.54 Å². The second kappa shape index (κ2) is 7.51. The van der Waals surface area contributed by atoms with Crippen LogP contribution in [-0.4, -0.2) is 48.8 Å². The summed E-state index contributed by atoms with van der Waals surface area (Å²) in [5, 5.41) is 0. The summed E-state index contributed by atoms with van der Waals surface area (Å²) in [6, 6.07) is 14.1. The van der Waals surface area contributed by atoms with Crippen LogP contribution in [0, 0.1) is 6.92 Å². The smallest absolute Gasteiger partial charge is 0.335 e. The van der Waals surface area contributed by atoms with E-state index in [-0.39, 0.29) is 11.4 Å². The number of hydrogen-bond donors (Lipinski definition) is 0. The zero-order chi connectivity index (χ0) is 21.4. The lowest BCUT2D eigenvalue weighted by molar-refractivity contribution is -0.151. The van der Waals surface area contributed by atoms with Crippen molar-refractivity contribution in [2.45, 2.75) is 37.2 Å². The number of sulfonamides is 1. The van der Waals surface area contributed by atoms with Gasteiger partial charge in [-0.3, -0.25) is 4.90 Å². The molecule has 1 heterocycles. The van der Waals surface area contributed by atoms with Gasteiger partial charge in [0.05, 0.1) is 24.6 Å². The summed E-state index contributed by atoms with van der Waals surface area (Å²) in [5.41, 5.74) is 0.222. The van der Waals surface area contributed by atoms with Crippen molar-refractivity contribution in [3.05, 3.63) is 65.7 Å². The normalized spacial score (nSPS) is 20.6. The molecular formula is C21H24N2O5S. The summed E-state index contributed by atoms with van der Waals surface area (Å²) in [6.45, 7) is 4.80. The van der Waals surface area contributed by atoms with E-state index >= 15 is 0 Å². The third-order valence-corrected chi connectivity index (χ3v) is 7.04. The Kier molecular flexibility index (Phi) is 5.40. The van der Waals surface area contributed by atoms with Crippen LogP contribution in [0.2, 0.25) is 0 Å². The first-order chi connectivity index (χ1) is 13.6. The standard InChI is InChI=1S/C21H24N2O5S/c1-15-10-12-18(13-11-15)29(26,27)22-14-21(3,19(24)28-4)23(20(22)25)16(2)17-8-6-5-7-9-17/h5-13,16H,14H2,1-4H3/t16?,21-/m0/s1. The quantitative estimate of drug-likeness (QED) is 0.700. The van der Waals surface area contributed by atoms with Crippen molar-refractivity contribution >= 4 is 22.0 Å². The maximum atomic E-state index is 13.3. The van der Waals surface area contributed by atoms with E-state index in [0.29, 0.717) is 0 Å². The number of aryl methyl sites for hydroxylation is 1. The average molecular weight is 416 g/mol. The van der Waals surface area contributed by atoms with Crippen LogP contribution in [-0.2, 0) is 19.6 Å². The van der Waals surface area contributed by atoms with E-state index in [4.69, 9.17) is 4.74 Å². The highest BCUT2D eigenvalue weighted by atomic mass is 32.2. The minimum atomic E-state index is -4.13. The van der Waals surface area contributed by atoms with Crippen LogP contribution >= 0.6 is 0 Å². The van der Waals surface area contributed by atoms with Crippen molar-refractivity contribution in [1.82, 2.24) is 9.21 Å². The summed E-state index contributed by atoms with van der Waals surface area (Å²) in [5.74, 6) is -0.671. The molecule has 1 unspecified atom stereocenters. The summed E-state index contributed by atoms with van der Waals surface area (Å²) in [7, 11) is -2.91. The van der Waals surface area contributed by atoms with E-state index in [1.54, 1.807) is 19.1 Å². The third kappa shape index (κ3) is 3.48. The van der Waals surface area contributed by atoms with Gasteiger partial charge >= 0.3 is 12.0 Å². The predicted octanol–water partition coefficient (Wildman–Crippen LogP) is 3.11. The number of methoxy groups -OCH3 is 1. The number of nitrogens with zero attached hydrogens (tertiary/aromatic N) is 2. The van der Waals surface area contributed by atoms with Gasteiger partial charge in [-0.25, -0.2) is 22.3 Å². The number of hydrogen-bond acceptors (Lipinski definition) is 5. The van der Waals surface area contributed by atoms with Gasteiger partial charge in [0.25, 0.3) is 10.0 Å². The van der Waals surface area contributed by atoms with E-state index in [1.807, 2.05) is 37.3 Å². The summed E-state index contributed by atoms with van der Waals surface area (Å²) in [6.07, 6.45) is 0. The zero-order valence-electron chi connectivity index (χ0n) is 16.8. The monoisotopic (exact) mass is 416 g/mol. The largest absolute Gasteiger partial charge is 0.467 e. The van der Waals surface area contributed by atoms with E-state index in [1.165, 1.54) is 31.1 Å². The van der Waals surface area contributed by atoms with Gasteiger partial charge in [0.1, 0.15) is 0 Å². The Bertz CT molecular complexity index is 1020. The lowest BCUT2D eigenvalue weighted by Gasteiger charge is -2.35. The van der Waals surface area contributed by atoms with Crippen LogP contribution in [0.15, 0.2) is 59.5 Å². The molecule has 1 aliphatic rings. The van der Waals surface area contributed by atoms with Crippen molar-refractivity contribution in [2.24, 2.45) is 0 Å². The molecule has 154 valence electrons. The highest BCUT2D eigenvalue weighted by molar-refractivity contribution is 7.89. The first kappa shape index (κ1) is 20.9. The van der Waals surface area contributed by atoms with Crippen LogP contribution in [0.5, 0.6) is 0 Å². The maximum absolute atomic E-state index is 13.3. The second-order valence-electron chi connectivity index (χ2n) is 7.33. The van der Waals surface area contributed by atoms with Gasteiger partial charge in [0, 0.05) is 0 Å². The Morgan fingerprint density at radius 3 is 2.24 bits per heavy atom. The molecule has 0 saturated carbocycles. The Balaban J connectivity index is 2.07. The summed E-state index contributed by atoms with van der Waals surface area (Å²) < 4.78 is 32.1. The van der Waals surface area contributed by atoms with Crippen LogP contribution in [0.25, 0.3) is 0 Å². The molecule has 29 heavy (non-hydrogen) atoms. The molecule has 0 N–H and O–H groups in total. The molecule has 3 rings (SSSR count). The van der Waals surface area contributed by atoms with Crippen molar-refractivity contribution < 1.29 is 22.7 Å². The lowest BCUT2D eigenvalue weighted by atomic mass is 9.97. The number of amides is 2. The van der Waals surface area contributed by atoms with Gasteiger partial charge in [-0.05, 0) is 38.5 Å². The van der Waals surface area contributed by atoms with Gasteiger partial charge in [-0.15, -0.1) is 0 Å². The van der Waals surface area contributed by atoms with Crippen LogP contribution < -0.4 is 0 Å². The van der Waals surface area contributed by atoms with Crippen LogP contribution in [0.3, 0.4) is 0 Å². The Morgan fingerprint density at radius 1 is 1.10 bits per heavy atom. The number of benzene rings is 2. The van der Waals surface area contributed by atoms with E-state index in [0.717, 1.165) is 15.4 Å². The fourth-order valence-electron chi connectivity index (χ4n) is 3.64. The van der Waals surface area contributed by atoms with Gasteiger partial charge in [0.2, 0.25) is 0 Å². The minimum Gasteiger partial charge on any atom is -0.467 e. The molecular weight excluding hydrogens is 392 g/mol. The molecule has 1 saturated heterocycles. The van der Waals surface area contributed by atoms with E-state index < -0.39 is 33.6 Å². The Labute approximate surface area is 170 Å². The van der Waals surface area contributed by atoms with Crippen LogP contribution in [0.1, 0.15) is 31.0 Å². The van der Waals surface area contributed by atoms with E-state index in [2.05, 4.69) is 0 Å². The molecule has 0 aliphatic carbocycles. The molecule has 0 radical (unpaired) electrons. The number of urea groups is 1. The topological polar surface area (TPSA) is 84.0 Å².